The summed E-state index contributed by atoms with van der Waals surface area (Å²) in [6.07, 6.45) is 11.3. The Morgan fingerprint density at radius 2 is 1.75 bits per heavy atom. The van der Waals surface area contributed by atoms with Crippen LogP contribution in [0.2, 0.25) is 0 Å². The maximum absolute atomic E-state index is 3.77. The Hall–Kier alpha value is -0.0400. The van der Waals surface area contributed by atoms with Gasteiger partial charge in [0.15, 0.2) is 0 Å². The topological polar surface area (TPSA) is 12.0 Å². The van der Waals surface area contributed by atoms with Crippen molar-refractivity contribution in [3.8, 4) is 0 Å². The molecule has 0 radical (unpaired) electrons. The molecule has 16 heavy (non-hydrogen) atoms. The summed E-state index contributed by atoms with van der Waals surface area (Å²) in [6.45, 7) is 8.26. The Morgan fingerprint density at radius 3 is 2.31 bits per heavy atom. The third-order valence-electron chi connectivity index (χ3n) is 4.28. The summed E-state index contributed by atoms with van der Waals surface area (Å²) in [4.78, 5) is 0. The molecule has 1 aliphatic carbocycles. The average Bonchev–Trinajstić information content (AvgIpc) is 2.35. The van der Waals surface area contributed by atoms with E-state index < -0.39 is 0 Å². The molecular formula is C15H31N. The fourth-order valence-corrected chi connectivity index (χ4v) is 3.18. The minimum Gasteiger partial charge on any atom is -0.314 e. The lowest BCUT2D eigenvalue weighted by atomic mass is 9.76. The van der Waals surface area contributed by atoms with E-state index in [1.54, 1.807) is 0 Å². The lowest BCUT2D eigenvalue weighted by Gasteiger charge is -2.34. The molecule has 0 aliphatic heterocycles. The van der Waals surface area contributed by atoms with Crippen molar-refractivity contribution >= 4 is 0 Å². The first-order chi connectivity index (χ1) is 7.79. The molecule has 0 saturated heterocycles. The fraction of sp³-hybridized carbons (Fsp3) is 1.00. The van der Waals surface area contributed by atoms with Crippen molar-refractivity contribution in [2.45, 2.75) is 78.2 Å². The van der Waals surface area contributed by atoms with Gasteiger partial charge in [-0.1, -0.05) is 59.3 Å². The molecule has 2 unspecified atom stereocenters. The molecule has 1 rings (SSSR count). The molecule has 0 aromatic carbocycles. The fourth-order valence-electron chi connectivity index (χ4n) is 3.18. The van der Waals surface area contributed by atoms with Crippen molar-refractivity contribution in [1.82, 2.24) is 5.32 Å². The highest BCUT2D eigenvalue weighted by Crippen LogP contribution is 2.32. The molecule has 1 N–H and O–H groups in total. The Balaban J connectivity index is 2.40. The highest BCUT2D eigenvalue weighted by Gasteiger charge is 2.25. The maximum atomic E-state index is 3.77. The van der Waals surface area contributed by atoms with Crippen molar-refractivity contribution in [2.24, 2.45) is 11.8 Å². The van der Waals surface area contributed by atoms with Gasteiger partial charge >= 0.3 is 0 Å². The number of hydrogen-bond donors (Lipinski definition) is 1. The quantitative estimate of drug-likeness (QED) is 0.678. The van der Waals surface area contributed by atoms with Gasteiger partial charge in [-0.25, -0.2) is 0 Å². The van der Waals surface area contributed by atoms with Crippen LogP contribution in [-0.4, -0.2) is 12.6 Å². The van der Waals surface area contributed by atoms with E-state index >= 15 is 0 Å². The lowest BCUT2D eigenvalue weighted by molar-refractivity contribution is 0.203. The molecule has 0 spiro atoms. The standard InChI is InChI=1S/C15H31N/c1-4-9-15(16-12-5-2)13(3)14-10-7-6-8-11-14/h13-16H,4-12H2,1-3H3. The van der Waals surface area contributed by atoms with E-state index in [4.69, 9.17) is 0 Å². The third kappa shape index (κ3) is 4.45. The first-order valence-corrected chi connectivity index (χ1v) is 7.53. The normalized spacial score (nSPS) is 21.9. The van der Waals surface area contributed by atoms with Gasteiger partial charge in [0, 0.05) is 6.04 Å². The molecule has 1 nitrogen and oxygen atoms in total. The van der Waals surface area contributed by atoms with Crippen LogP contribution < -0.4 is 5.32 Å². The van der Waals surface area contributed by atoms with Gasteiger partial charge in [-0.15, -0.1) is 0 Å². The summed E-state index contributed by atoms with van der Waals surface area (Å²) in [7, 11) is 0. The largest absolute Gasteiger partial charge is 0.314 e. The molecule has 1 saturated carbocycles. The van der Waals surface area contributed by atoms with E-state index in [-0.39, 0.29) is 0 Å². The summed E-state index contributed by atoms with van der Waals surface area (Å²) >= 11 is 0. The van der Waals surface area contributed by atoms with Crippen molar-refractivity contribution in [2.75, 3.05) is 6.54 Å². The average molecular weight is 225 g/mol. The van der Waals surface area contributed by atoms with Crippen LogP contribution in [0.15, 0.2) is 0 Å². The minimum absolute atomic E-state index is 0.771. The second-order valence-electron chi connectivity index (χ2n) is 5.61. The zero-order chi connectivity index (χ0) is 11.8. The van der Waals surface area contributed by atoms with Crippen LogP contribution >= 0.6 is 0 Å². The van der Waals surface area contributed by atoms with Gasteiger partial charge < -0.3 is 5.32 Å². The molecule has 0 bridgehead atoms. The van der Waals surface area contributed by atoms with Crippen molar-refractivity contribution in [3.05, 3.63) is 0 Å². The summed E-state index contributed by atoms with van der Waals surface area (Å²) in [5.74, 6) is 1.88. The van der Waals surface area contributed by atoms with Crippen LogP contribution in [-0.2, 0) is 0 Å². The summed E-state index contributed by atoms with van der Waals surface area (Å²) < 4.78 is 0. The summed E-state index contributed by atoms with van der Waals surface area (Å²) in [6, 6.07) is 0.771. The van der Waals surface area contributed by atoms with Gasteiger partial charge in [0.1, 0.15) is 0 Å². The van der Waals surface area contributed by atoms with Crippen molar-refractivity contribution in [1.29, 1.82) is 0 Å². The zero-order valence-corrected chi connectivity index (χ0v) is 11.6. The van der Waals surface area contributed by atoms with E-state index in [1.807, 2.05) is 0 Å². The lowest BCUT2D eigenvalue weighted by Crippen LogP contribution is -2.39. The van der Waals surface area contributed by atoms with E-state index in [9.17, 15) is 0 Å². The minimum atomic E-state index is 0.771. The van der Waals surface area contributed by atoms with Crippen LogP contribution in [0.3, 0.4) is 0 Å². The zero-order valence-electron chi connectivity index (χ0n) is 11.6. The SMILES string of the molecule is CCCNC(CCC)C(C)C1CCCCC1. The van der Waals surface area contributed by atoms with Gasteiger partial charge in [0.2, 0.25) is 0 Å². The molecule has 2 atom stereocenters. The van der Waals surface area contributed by atoms with E-state index in [1.165, 1.54) is 57.9 Å². The van der Waals surface area contributed by atoms with Crippen LogP contribution in [0.4, 0.5) is 0 Å². The molecule has 0 heterocycles. The number of hydrogen-bond acceptors (Lipinski definition) is 1. The van der Waals surface area contributed by atoms with Gasteiger partial charge in [0.25, 0.3) is 0 Å². The van der Waals surface area contributed by atoms with Crippen molar-refractivity contribution in [3.63, 3.8) is 0 Å². The van der Waals surface area contributed by atoms with E-state index in [2.05, 4.69) is 26.1 Å². The molecule has 96 valence electrons. The highest BCUT2D eigenvalue weighted by molar-refractivity contribution is 4.80. The van der Waals surface area contributed by atoms with Gasteiger partial charge in [0.05, 0.1) is 0 Å². The number of nitrogens with one attached hydrogen (secondary N) is 1. The molecule has 1 heteroatoms. The third-order valence-corrected chi connectivity index (χ3v) is 4.28. The van der Waals surface area contributed by atoms with Crippen molar-refractivity contribution < 1.29 is 0 Å². The van der Waals surface area contributed by atoms with Gasteiger partial charge in [-0.3, -0.25) is 0 Å². The highest BCUT2D eigenvalue weighted by atomic mass is 14.9. The first-order valence-electron chi connectivity index (χ1n) is 7.53. The molecule has 0 aromatic heterocycles. The Labute approximate surface area is 102 Å². The molecule has 0 aromatic rings. The van der Waals surface area contributed by atoms with E-state index in [0.717, 1.165) is 17.9 Å². The van der Waals surface area contributed by atoms with E-state index in [0.29, 0.717) is 0 Å². The second-order valence-corrected chi connectivity index (χ2v) is 5.61. The molecule has 1 fully saturated rings. The van der Waals surface area contributed by atoms with Gasteiger partial charge in [-0.2, -0.15) is 0 Å². The first kappa shape index (κ1) is 14.0. The Morgan fingerprint density at radius 1 is 1.06 bits per heavy atom. The summed E-state index contributed by atoms with van der Waals surface area (Å²) in [5, 5.41) is 3.77. The predicted octanol–water partition coefficient (Wildman–Crippen LogP) is 4.37. The molecule has 1 aliphatic rings. The number of rotatable bonds is 7. The van der Waals surface area contributed by atoms with Crippen LogP contribution in [0.5, 0.6) is 0 Å². The molecule has 0 amide bonds. The monoisotopic (exact) mass is 225 g/mol. The smallest absolute Gasteiger partial charge is 0.00952 e. The second kappa shape index (κ2) is 8.11. The van der Waals surface area contributed by atoms with Crippen LogP contribution in [0, 0.1) is 11.8 Å². The Bertz CT molecular complexity index is 161. The Kier molecular flexibility index (Phi) is 7.11. The van der Waals surface area contributed by atoms with Gasteiger partial charge in [-0.05, 0) is 31.2 Å². The van der Waals surface area contributed by atoms with Crippen LogP contribution in [0.1, 0.15) is 72.1 Å². The predicted molar refractivity (Wildman–Crippen MR) is 72.7 cm³/mol. The maximum Gasteiger partial charge on any atom is 0.00952 e. The molecular weight excluding hydrogens is 194 g/mol. The summed E-state index contributed by atoms with van der Waals surface area (Å²) in [5.41, 5.74) is 0. The van der Waals surface area contributed by atoms with Crippen LogP contribution in [0.25, 0.3) is 0 Å².